The first-order chi connectivity index (χ1) is 13.9. The smallest absolute Gasteiger partial charge is 0.422 e. The Morgan fingerprint density at radius 1 is 1.03 bits per heavy atom. The van der Waals surface area contributed by atoms with Gasteiger partial charge in [0.25, 0.3) is 5.91 Å². The maximum absolute atomic E-state index is 12.4. The zero-order valence-corrected chi connectivity index (χ0v) is 17.0. The highest BCUT2D eigenvalue weighted by Gasteiger charge is 2.29. The highest BCUT2D eigenvalue weighted by molar-refractivity contribution is 8.16. The van der Waals surface area contributed by atoms with Crippen LogP contribution in [0.4, 0.5) is 18.9 Å². The van der Waals surface area contributed by atoms with E-state index in [4.69, 9.17) is 9.47 Å². The first-order valence-electron chi connectivity index (χ1n) is 8.95. The van der Waals surface area contributed by atoms with Crippen molar-refractivity contribution in [3.8, 4) is 11.5 Å². The van der Waals surface area contributed by atoms with E-state index in [1.165, 1.54) is 30.2 Å². The number of thioether (sulfide) groups is 2. The van der Waals surface area contributed by atoms with Gasteiger partial charge in [0.2, 0.25) is 0 Å². The Hall–Kier alpha value is -2.00. The lowest BCUT2D eigenvalue weighted by Gasteiger charge is -2.21. The molecule has 0 spiro atoms. The minimum absolute atomic E-state index is 0.0509. The van der Waals surface area contributed by atoms with E-state index in [0.717, 1.165) is 11.5 Å². The number of rotatable bonds is 7. The Morgan fingerprint density at radius 2 is 1.72 bits per heavy atom. The Bertz CT molecular complexity index is 809. The summed E-state index contributed by atoms with van der Waals surface area (Å²) in [6, 6.07) is 13.6. The number of carbonyl (C=O) groups excluding carboxylic acids is 1. The third-order valence-corrected chi connectivity index (χ3v) is 6.92. The summed E-state index contributed by atoms with van der Waals surface area (Å²) < 4.78 is 47.7. The van der Waals surface area contributed by atoms with Crippen LogP contribution in [0.1, 0.15) is 16.6 Å². The minimum Gasteiger partial charge on any atom is -0.484 e. The second kappa shape index (κ2) is 10.2. The van der Waals surface area contributed by atoms with Crippen molar-refractivity contribution >= 4 is 35.1 Å². The van der Waals surface area contributed by atoms with Crippen molar-refractivity contribution < 1.29 is 27.4 Å². The molecule has 1 N–H and O–H groups in total. The van der Waals surface area contributed by atoms with Gasteiger partial charge in [0.1, 0.15) is 11.5 Å². The molecule has 156 valence electrons. The molecule has 2 aromatic rings. The molecule has 0 aromatic heterocycles. The average Bonchev–Trinajstić information content (AvgIpc) is 2.72. The molecule has 0 bridgehead atoms. The fraction of sp³-hybridized carbons (Fsp3) is 0.350. The van der Waals surface area contributed by atoms with E-state index in [0.29, 0.717) is 10.3 Å². The van der Waals surface area contributed by atoms with Gasteiger partial charge in [-0.2, -0.15) is 13.2 Å². The zero-order valence-electron chi connectivity index (χ0n) is 15.4. The Morgan fingerprint density at radius 3 is 2.41 bits per heavy atom. The summed E-state index contributed by atoms with van der Waals surface area (Å²) in [6.07, 6.45) is -3.23. The summed E-state index contributed by atoms with van der Waals surface area (Å²) in [5, 5.41) is 2.52. The van der Waals surface area contributed by atoms with E-state index in [9.17, 15) is 18.0 Å². The summed E-state index contributed by atoms with van der Waals surface area (Å²) >= 11 is 3.85. The van der Waals surface area contributed by atoms with Crippen LogP contribution in [0, 0.1) is 0 Å². The van der Waals surface area contributed by atoms with Crippen LogP contribution in [-0.2, 0) is 4.79 Å². The third kappa shape index (κ3) is 7.08. The quantitative estimate of drug-likeness (QED) is 0.611. The molecule has 1 amide bonds. The van der Waals surface area contributed by atoms with Crippen molar-refractivity contribution in [1.29, 1.82) is 0 Å². The Kier molecular flexibility index (Phi) is 7.60. The molecule has 1 aliphatic rings. The minimum atomic E-state index is -4.46. The molecule has 0 radical (unpaired) electrons. The van der Waals surface area contributed by atoms with Crippen molar-refractivity contribution in [3.05, 3.63) is 54.1 Å². The molecule has 3 rings (SSSR count). The highest BCUT2D eigenvalue weighted by atomic mass is 32.2. The van der Waals surface area contributed by atoms with Gasteiger partial charge in [0.15, 0.2) is 13.2 Å². The first kappa shape index (κ1) is 21.7. The SMILES string of the molecule is O=C(COc1ccc(C2SCCCS2)cc1)Nc1ccccc1OCC(F)(F)F. The summed E-state index contributed by atoms with van der Waals surface area (Å²) in [4.78, 5) is 12.1. The lowest BCUT2D eigenvalue weighted by Crippen LogP contribution is -2.22. The molecular weight excluding hydrogens is 423 g/mol. The fourth-order valence-electron chi connectivity index (χ4n) is 2.59. The van der Waals surface area contributed by atoms with E-state index in [1.807, 2.05) is 47.8 Å². The number of hydrogen-bond acceptors (Lipinski definition) is 5. The standard InChI is InChI=1S/C20H20F3NO3S2/c21-20(22,23)13-27-17-5-2-1-4-16(17)24-18(25)12-26-15-8-6-14(7-9-15)19-28-10-3-11-29-19/h1-2,4-9,19H,3,10-13H2,(H,24,25). The molecule has 1 saturated heterocycles. The van der Waals surface area contributed by atoms with Crippen LogP contribution in [-0.4, -0.2) is 36.8 Å². The predicted octanol–water partition coefficient (Wildman–Crippen LogP) is 5.51. The van der Waals surface area contributed by atoms with Gasteiger partial charge < -0.3 is 14.8 Å². The molecule has 0 atom stereocenters. The number of nitrogens with one attached hydrogen (secondary N) is 1. The normalized spacial score (nSPS) is 15.0. The highest BCUT2D eigenvalue weighted by Crippen LogP contribution is 2.43. The number of halogens is 3. The van der Waals surface area contributed by atoms with Crippen LogP contribution >= 0.6 is 23.5 Å². The first-order valence-corrected chi connectivity index (χ1v) is 11.0. The molecule has 29 heavy (non-hydrogen) atoms. The van der Waals surface area contributed by atoms with E-state index in [1.54, 1.807) is 6.07 Å². The number of ether oxygens (including phenoxy) is 2. The molecule has 2 aromatic carbocycles. The van der Waals surface area contributed by atoms with Gasteiger partial charge in [-0.05, 0) is 47.8 Å². The van der Waals surface area contributed by atoms with Gasteiger partial charge in [-0.1, -0.05) is 24.3 Å². The molecule has 0 aliphatic carbocycles. The molecule has 9 heteroatoms. The van der Waals surface area contributed by atoms with Gasteiger partial charge >= 0.3 is 6.18 Å². The average molecular weight is 444 g/mol. The monoisotopic (exact) mass is 443 g/mol. The van der Waals surface area contributed by atoms with Crippen LogP contribution in [0.5, 0.6) is 11.5 Å². The van der Waals surface area contributed by atoms with Crippen LogP contribution in [0.2, 0.25) is 0 Å². The van der Waals surface area contributed by atoms with Gasteiger partial charge in [0, 0.05) is 0 Å². The second-order valence-corrected chi connectivity index (χ2v) is 8.96. The zero-order chi connectivity index (χ0) is 20.7. The summed E-state index contributed by atoms with van der Waals surface area (Å²) in [5.74, 6) is 2.32. The van der Waals surface area contributed by atoms with Crippen LogP contribution in [0.15, 0.2) is 48.5 Å². The van der Waals surface area contributed by atoms with Crippen LogP contribution in [0.3, 0.4) is 0 Å². The van der Waals surface area contributed by atoms with Gasteiger partial charge in [0.05, 0.1) is 10.3 Å². The summed E-state index contributed by atoms with van der Waals surface area (Å²) in [6.45, 7) is -1.69. The molecule has 0 unspecified atom stereocenters. The lowest BCUT2D eigenvalue weighted by molar-refractivity contribution is -0.153. The number of benzene rings is 2. The number of anilines is 1. The molecule has 4 nitrogen and oxygen atoms in total. The Labute approximate surface area is 175 Å². The molecule has 1 heterocycles. The topological polar surface area (TPSA) is 47.6 Å². The Balaban J connectivity index is 1.51. The maximum atomic E-state index is 12.4. The molecular formula is C20H20F3NO3S2. The van der Waals surface area contributed by atoms with Gasteiger partial charge in [-0.15, -0.1) is 23.5 Å². The molecule has 1 fully saturated rings. The predicted molar refractivity (Wildman–Crippen MR) is 111 cm³/mol. The van der Waals surface area contributed by atoms with Crippen molar-refractivity contribution in [2.45, 2.75) is 17.2 Å². The van der Waals surface area contributed by atoms with E-state index in [2.05, 4.69) is 5.32 Å². The maximum Gasteiger partial charge on any atom is 0.422 e. The molecule has 1 aliphatic heterocycles. The largest absolute Gasteiger partial charge is 0.484 e. The number of carbonyl (C=O) groups is 1. The van der Waals surface area contributed by atoms with E-state index < -0.39 is 18.7 Å². The summed E-state index contributed by atoms with van der Waals surface area (Å²) in [7, 11) is 0. The van der Waals surface area contributed by atoms with Crippen molar-refractivity contribution in [3.63, 3.8) is 0 Å². The van der Waals surface area contributed by atoms with Crippen molar-refractivity contribution in [2.75, 3.05) is 30.0 Å². The lowest BCUT2D eigenvalue weighted by atomic mass is 10.2. The van der Waals surface area contributed by atoms with E-state index in [-0.39, 0.29) is 18.0 Å². The second-order valence-electron chi connectivity index (χ2n) is 6.23. The number of amides is 1. The van der Waals surface area contributed by atoms with E-state index >= 15 is 0 Å². The number of hydrogen-bond donors (Lipinski definition) is 1. The van der Waals surface area contributed by atoms with Crippen molar-refractivity contribution in [1.82, 2.24) is 0 Å². The number of alkyl halides is 3. The third-order valence-electron chi connectivity index (χ3n) is 3.90. The van der Waals surface area contributed by atoms with Crippen LogP contribution < -0.4 is 14.8 Å². The summed E-state index contributed by atoms with van der Waals surface area (Å²) in [5.41, 5.74) is 1.37. The number of para-hydroxylation sites is 2. The van der Waals surface area contributed by atoms with Crippen LogP contribution in [0.25, 0.3) is 0 Å². The molecule has 0 saturated carbocycles. The van der Waals surface area contributed by atoms with Gasteiger partial charge in [-0.25, -0.2) is 0 Å². The van der Waals surface area contributed by atoms with Crippen molar-refractivity contribution in [2.24, 2.45) is 0 Å². The fourth-order valence-corrected chi connectivity index (χ4v) is 5.49. The van der Waals surface area contributed by atoms with Gasteiger partial charge in [-0.3, -0.25) is 4.79 Å².